The Kier molecular flexibility index (Phi) is 12.7. The van der Waals surface area contributed by atoms with Crippen LogP contribution in [0.15, 0.2) is 12.3 Å². The van der Waals surface area contributed by atoms with Crippen molar-refractivity contribution in [2.24, 2.45) is 0 Å². The third-order valence-electron chi connectivity index (χ3n) is 5.87. The standard InChI is InChI=1S/C25H37ClF3N3O2/c1-2-3-4-5-6-7-8-9-10-11-12-13-14-15-16-17-22(33)34-32-21-18-20(26)19-30-23(21)31-24(32)25(27,28)29/h18-19H,2-17H2,1H3. The second-order valence-electron chi connectivity index (χ2n) is 8.89. The minimum atomic E-state index is -4.79. The smallest absolute Gasteiger partial charge is 0.334 e. The molecule has 0 spiro atoms. The molecule has 0 N–H and O–H groups in total. The van der Waals surface area contributed by atoms with E-state index in [0.717, 1.165) is 19.3 Å². The lowest BCUT2D eigenvalue weighted by Gasteiger charge is -2.11. The zero-order chi connectivity index (χ0) is 24.8. The molecule has 0 amide bonds. The largest absolute Gasteiger partial charge is 0.453 e. The molecule has 2 heterocycles. The molecule has 2 rings (SSSR count). The van der Waals surface area contributed by atoms with E-state index in [9.17, 15) is 18.0 Å². The van der Waals surface area contributed by atoms with Gasteiger partial charge in [-0.2, -0.15) is 13.2 Å². The minimum Gasteiger partial charge on any atom is -0.334 e. The molecule has 0 aliphatic carbocycles. The number of halogens is 4. The van der Waals surface area contributed by atoms with Gasteiger partial charge in [-0.05, 0) is 12.5 Å². The summed E-state index contributed by atoms with van der Waals surface area (Å²) in [5.74, 6) is -2.07. The summed E-state index contributed by atoms with van der Waals surface area (Å²) in [6.45, 7) is 2.24. The predicted octanol–water partition coefficient (Wildman–Crippen LogP) is 8.32. The number of rotatable bonds is 17. The van der Waals surface area contributed by atoms with Crippen molar-refractivity contribution in [1.29, 1.82) is 0 Å². The fourth-order valence-electron chi connectivity index (χ4n) is 3.98. The second kappa shape index (κ2) is 15.2. The molecule has 9 heteroatoms. The molecule has 0 aromatic carbocycles. The van der Waals surface area contributed by atoms with Crippen LogP contribution < -0.4 is 4.84 Å². The first-order chi connectivity index (χ1) is 16.3. The Morgan fingerprint density at radius 3 is 1.91 bits per heavy atom. The van der Waals surface area contributed by atoms with Gasteiger partial charge >= 0.3 is 12.1 Å². The van der Waals surface area contributed by atoms with Crippen molar-refractivity contribution in [3.05, 3.63) is 23.1 Å². The molecule has 0 bridgehead atoms. The predicted molar refractivity (Wildman–Crippen MR) is 129 cm³/mol. The molecule has 0 aliphatic heterocycles. The van der Waals surface area contributed by atoms with Crippen molar-refractivity contribution in [3.63, 3.8) is 0 Å². The van der Waals surface area contributed by atoms with Gasteiger partial charge < -0.3 is 4.84 Å². The summed E-state index contributed by atoms with van der Waals surface area (Å²) in [5, 5.41) is 0.126. The molecule has 0 aliphatic rings. The number of pyridine rings is 1. The minimum absolute atomic E-state index is 0.0449. The lowest BCUT2D eigenvalue weighted by atomic mass is 10.0. The lowest BCUT2D eigenvalue weighted by Crippen LogP contribution is -2.25. The molecule has 192 valence electrons. The van der Waals surface area contributed by atoms with E-state index < -0.39 is 18.0 Å². The van der Waals surface area contributed by atoms with Crippen LogP contribution in [0.25, 0.3) is 11.2 Å². The molecule has 0 saturated heterocycles. The van der Waals surface area contributed by atoms with Crippen LogP contribution in [0.2, 0.25) is 5.02 Å². The Labute approximate surface area is 205 Å². The number of imidazole rings is 1. The average molecular weight is 504 g/mol. The van der Waals surface area contributed by atoms with Gasteiger partial charge in [-0.1, -0.05) is 108 Å². The summed E-state index contributed by atoms with van der Waals surface area (Å²) in [6.07, 6.45) is 14.4. The number of fused-ring (bicyclic) bond motifs is 1. The fraction of sp³-hybridized carbons (Fsp3) is 0.720. The molecule has 0 fully saturated rings. The van der Waals surface area contributed by atoms with Crippen LogP contribution in [0, 0.1) is 0 Å². The molecule has 0 unspecified atom stereocenters. The van der Waals surface area contributed by atoms with Crippen molar-refractivity contribution in [2.45, 2.75) is 116 Å². The molecule has 0 saturated carbocycles. The van der Waals surface area contributed by atoms with Gasteiger partial charge in [0.15, 0.2) is 5.65 Å². The van der Waals surface area contributed by atoms with Crippen LogP contribution in [-0.2, 0) is 11.0 Å². The Morgan fingerprint density at radius 2 is 1.41 bits per heavy atom. The highest BCUT2D eigenvalue weighted by Gasteiger charge is 2.39. The Morgan fingerprint density at radius 1 is 0.912 bits per heavy atom. The molecule has 5 nitrogen and oxygen atoms in total. The number of alkyl halides is 3. The van der Waals surface area contributed by atoms with Crippen LogP contribution in [0.5, 0.6) is 0 Å². The summed E-state index contributed by atoms with van der Waals surface area (Å²) in [4.78, 5) is 24.4. The first-order valence-electron chi connectivity index (χ1n) is 12.6. The topological polar surface area (TPSA) is 57.0 Å². The number of unbranched alkanes of at least 4 members (excludes halogenated alkanes) is 14. The summed E-state index contributed by atoms with van der Waals surface area (Å²) in [7, 11) is 0. The van der Waals surface area contributed by atoms with Crippen LogP contribution >= 0.6 is 11.6 Å². The van der Waals surface area contributed by atoms with Crippen LogP contribution in [0.4, 0.5) is 13.2 Å². The zero-order valence-electron chi connectivity index (χ0n) is 20.1. The fourth-order valence-corrected chi connectivity index (χ4v) is 4.13. The quantitative estimate of drug-likeness (QED) is 0.204. The van der Waals surface area contributed by atoms with E-state index >= 15 is 0 Å². The number of nitrogens with zero attached hydrogens (tertiary/aromatic N) is 3. The molecule has 0 radical (unpaired) electrons. The van der Waals surface area contributed by atoms with Gasteiger partial charge in [-0.3, -0.25) is 0 Å². The lowest BCUT2D eigenvalue weighted by molar-refractivity contribution is -0.162. The highest BCUT2D eigenvalue weighted by atomic mass is 35.5. The summed E-state index contributed by atoms with van der Waals surface area (Å²) >= 11 is 5.83. The van der Waals surface area contributed by atoms with Crippen LogP contribution in [0.1, 0.15) is 115 Å². The Balaban J connectivity index is 1.58. The number of hydrogen-bond donors (Lipinski definition) is 0. The van der Waals surface area contributed by atoms with Crippen molar-refractivity contribution >= 4 is 28.7 Å². The molecular formula is C25H37ClF3N3O2. The summed E-state index contributed by atoms with van der Waals surface area (Å²) in [5.41, 5.74) is -0.277. The molecule has 34 heavy (non-hydrogen) atoms. The maximum absolute atomic E-state index is 13.3. The molecular weight excluding hydrogens is 467 g/mol. The van der Waals surface area contributed by atoms with Gasteiger partial charge in [-0.15, -0.1) is 4.73 Å². The van der Waals surface area contributed by atoms with Crippen molar-refractivity contribution in [1.82, 2.24) is 14.7 Å². The van der Waals surface area contributed by atoms with Crippen molar-refractivity contribution in [2.75, 3.05) is 0 Å². The highest BCUT2D eigenvalue weighted by Crippen LogP contribution is 2.31. The van der Waals surface area contributed by atoms with Crippen LogP contribution in [-0.4, -0.2) is 20.7 Å². The SMILES string of the molecule is CCCCCCCCCCCCCCCCCC(=O)On1c(C(F)(F)F)nc2ncc(Cl)cc21. The maximum Gasteiger partial charge on any atom is 0.453 e. The van der Waals surface area contributed by atoms with E-state index in [1.54, 1.807) is 0 Å². The zero-order valence-corrected chi connectivity index (χ0v) is 20.9. The third kappa shape index (κ3) is 10.2. The number of hydrogen-bond acceptors (Lipinski definition) is 4. The summed E-state index contributed by atoms with van der Waals surface area (Å²) in [6, 6.07) is 1.24. The van der Waals surface area contributed by atoms with Gasteiger partial charge in [0.05, 0.1) is 5.02 Å². The summed E-state index contributed by atoms with van der Waals surface area (Å²) < 4.78 is 40.3. The van der Waals surface area contributed by atoms with Gasteiger partial charge in [0.25, 0.3) is 5.82 Å². The third-order valence-corrected chi connectivity index (χ3v) is 6.07. The van der Waals surface area contributed by atoms with E-state index in [1.165, 1.54) is 82.9 Å². The Hall–Kier alpha value is -1.83. The van der Waals surface area contributed by atoms with E-state index in [-0.39, 0.29) is 22.6 Å². The van der Waals surface area contributed by atoms with E-state index in [4.69, 9.17) is 16.4 Å². The number of carbonyl (C=O) groups excluding carboxylic acids is 1. The van der Waals surface area contributed by atoms with Crippen molar-refractivity contribution in [3.8, 4) is 0 Å². The highest BCUT2D eigenvalue weighted by molar-refractivity contribution is 6.31. The first-order valence-corrected chi connectivity index (χ1v) is 13.0. The second-order valence-corrected chi connectivity index (χ2v) is 9.32. The average Bonchev–Trinajstić information content (AvgIpc) is 3.14. The molecule has 2 aromatic rings. The van der Waals surface area contributed by atoms with E-state index in [1.807, 2.05) is 0 Å². The molecule has 2 aromatic heterocycles. The van der Waals surface area contributed by atoms with Crippen LogP contribution in [0.3, 0.4) is 0 Å². The molecule has 0 atom stereocenters. The van der Waals surface area contributed by atoms with Gasteiger partial charge in [-0.25, -0.2) is 14.8 Å². The normalized spacial score (nSPS) is 11.9. The van der Waals surface area contributed by atoms with Gasteiger partial charge in [0.1, 0.15) is 5.52 Å². The monoisotopic (exact) mass is 503 g/mol. The van der Waals surface area contributed by atoms with E-state index in [2.05, 4.69) is 16.9 Å². The van der Waals surface area contributed by atoms with Gasteiger partial charge in [0, 0.05) is 12.6 Å². The Bertz CT molecular complexity index is 871. The van der Waals surface area contributed by atoms with Crippen molar-refractivity contribution < 1.29 is 22.8 Å². The van der Waals surface area contributed by atoms with E-state index in [0.29, 0.717) is 11.2 Å². The maximum atomic E-state index is 13.3. The number of aromatic nitrogens is 3. The number of carbonyl (C=O) groups is 1. The van der Waals surface area contributed by atoms with Gasteiger partial charge in [0.2, 0.25) is 0 Å². The first kappa shape index (κ1) is 28.4.